The highest BCUT2D eigenvalue weighted by atomic mass is 127. The fraction of sp³-hybridized carbons (Fsp3) is 0.348. The summed E-state index contributed by atoms with van der Waals surface area (Å²) in [5, 5.41) is 14.3. The first-order valence-electron chi connectivity index (χ1n) is 10.6. The van der Waals surface area contributed by atoms with Gasteiger partial charge in [-0.05, 0) is 62.1 Å². The molecular formula is C23H32IN7. The Morgan fingerprint density at radius 1 is 0.968 bits per heavy atom. The fourth-order valence-corrected chi connectivity index (χ4v) is 3.02. The summed E-state index contributed by atoms with van der Waals surface area (Å²) in [7, 11) is 0. The molecule has 0 atom stereocenters. The molecule has 0 spiro atoms. The van der Waals surface area contributed by atoms with Crippen LogP contribution in [0.2, 0.25) is 0 Å². The number of nitrogens with one attached hydrogen (secondary N) is 3. The maximum absolute atomic E-state index is 4.68. The number of hydrogen-bond donors (Lipinski definition) is 3. The highest BCUT2D eigenvalue weighted by molar-refractivity contribution is 14.0. The van der Waals surface area contributed by atoms with Crippen LogP contribution < -0.4 is 16.0 Å². The minimum absolute atomic E-state index is 0. The Morgan fingerprint density at radius 2 is 1.84 bits per heavy atom. The van der Waals surface area contributed by atoms with Gasteiger partial charge in [-0.25, -0.2) is 9.67 Å². The highest BCUT2D eigenvalue weighted by Gasteiger charge is 2.00. The molecule has 0 aliphatic carbocycles. The summed E-state index contributed by atoms with van der Waals surface area (Å²) < 4.78 is 1.86. The van der Waals surface area contributed by atoms with Gasteiger partial charge in [0.05, 0.1) is 5.69 Å². The molecule has 2 aromatic heterocycles. The Kier molecular flexibility index (Phi) is 11.4. The van der Waals surface area contributed by atoms with Crippen molar-refractivity contribution >= 4 is 35.8 Å². The minimum Gasteiger partial charge on any atom is -0.370 e. The molecule has 0 amide bonds. The van der Waals surface area contributed by atoms with E-state index < -0.39 is 0 Å². The Balaban J connectivity index is 0.00000341. The standard InChI is InChI=1S/C23H31N7.HI/c1-2-24-23(27-16-6-5-15-26-22-8-3-4-14-25-22)28-18-13-20-9-11-21(12-10-20)30-19-7-17-29-30;/h3-4,7-12,14,17,19H,2,5-6,13,15-16,18H2,1H3,(H,25,26)(H2,24,27,28);1H. The number of benzene rings is 1. The van der Waals surface area contributed by atoms with Crippen molar-refractivity contribution in [2.75, 3.05) is 31.5 Å². The lowest BCUT2D eigenvalue weighted by atomic mass is 10.1. The Morgan fingerprint density at radius 3 is 2.55 bits per heavy atom. The maximum Gasteiger partial charge on any atom is 0.191 e. The molecule has 1 aromatic carbocycles. The van der Waals surface area contributed by atoms with Gasteiger partial charge < -0.3 is 16.0 Å². The molecule has 0 fully saturated rings. The minimum atomic E-state index is 0. The Labute approximate surface area is 201 Å². The molecule has 0 saturated carbocycles. The first-order valence-corrected chi connectivity index (χ1v) is 10.6. The van der Waals surface area contributed by atoms with Crippen LogP contribution in [0.1, 0.15) is 25.3 Å². The second-order valence-corrected chi connectivity index (χ2v) is 6.90. The molecule has 8 heteroatoms. The van der Waals surface area contributed by atoms with Crippen LogP contribution in [0, 0.1) is 0 Å². The van der Waals surface area contributed by atoms with Crippen molar-refractivity contribution in [2.24, 2.45) is 4.99 Å². The summed E-state index contributed by atoms with van der Waals surface area (Å²) in [4.78, 5) is 8.94. The normalized spacial score (nSPS) is 10.9. The number of halogens is 1. The topological polar surface area (TPSA) is 79.2 Å². The second-order valence-electron chi connectivity index (χ2n) is 6.90. The number of aromatic nitrogens is 3. The molecular weight excluding hydrogens is 501 g/mol. The quantitative estimate of drug-likeness (QED) is 0.151. The zero-order chi connectivity index (χ0) is 20.9. The Bertz CT molecular complexity index is 865. The zero-order valence-electron chi connectivity index (χ0n) is 18.0. The molecule has 31 heavy (non-hydrogen) atoms. The van der Waals surface area contributed by atoms with Crippen LogP contribution in [0.15, 0.2) is 72.1 Å². The largest absolute Gasteiger partial charge is 0.370 e. The molecule has 0 saturated heterocycles. The van der Waals surface area contributed by atoms with Crippen molar-refractivity contribution in [3.63, 3.8) is 0 Å². The van der Waals surface area contributed by atoms with E-state index in [1.165, 1.54) is 5.56 Å². The molecule has 0 radical (unpaired) electrons. The van der Waals surface area contributed by atoms with E-state index in [0.717, 1.165) is 62.9 Å². The van der Waals surface area contributed by atoms with Gasteiger partial charge in [0.2, 0.25) is 0 Å². The van der Waals surface area contributed by atoms with Gasteiger partial charge in [0, 0.05) is 44.8 Å². The number of nitrogens with zero attached hydrogens (tertiary/aromatic N) is 4. The van der Waals surface area contributed by atoms with Gasteiger partial charge in [0.15, 0.2) is 5.96 Å². The van der Waals surface area contributed by atoms with Crippen LogP contribution >= 0.6 is 24.0 Å². The third-order valence-electron chi connectivity index (χ3n) is 4.58. The molecule has 3 rings (SSSR count). The molecule has 0 aliphatic heterocycles. The van der Waals surface area contributed by atoms with Crippen molar-refractivity contribution in [3.8, 4) is 5.69 Å². The van der Waals surface area contributed by atoms with E-state index in [1.807, 2.05) is 35.1 Å². The average Bonchev–Trinajstić information content (AvgIpc) is 3.32. The summed E-state index contributed by atoms with van der Waals surface area (Å²) in [5.41, 5.74) is 2.36. The summed E-state index contributed by atoms with van der Waals surface area (Å²) in [5.74, 6) is 1.80. The van der Waals surface area contributed by atoms with Gasteiger partial charge in [0.25, 0.3) is 0 Å². The van der Waals surface area contributed by atoms with Crippen LogP contribution in [0.3, 0.4) is 0 Å². The summed E-state index contributed by atoms with van der Waals surface area (Å²) >= 11 is 0. The molecule has 2 heterocycles. The predicted molar refractivity (Wildman–Crippen MR) is 139 cm³/mol. The molecule has 0 unspecified atom stereocenters. The van der Waals surface area contributed by atoms with Crippen LogP contribution in [-0.4, -0.2) is 46.9 Å². The smallest absolute Gasteiger partial charge is 0.191 e. The SMILES string of the molecule is CCNC(=NCCCCNc1ccccn1)NCCc1ccc(-n2cccn2)cc1.I. The van der Waals surface area contributed by atoms with Crippen molar-refractivity contribution < 1.29 is 0 Å². The van der Waals surface area contributed by atoms with E-state index in [2.05, 4.69) is 62.2 Å². The lowest BCUT2D eigenvalue weighted by Crippen LogP contribution is -2.38. The van der Waals surface area contributed by atoms with E-state index in [4.69, 9.17) is 0 Å². The summed E-state index contributed by atoms with van der Waals surface area (Å²) in [6.45, 7) is 5.49. The maximum atomic E-state index is 4.68. The molecule has 3 aromatic rings. The number of pyridine rings is 1. The molecule has 0 bridgehead atoms. The van der Waals surface area contributed by atoms with Crippen molar-refractivity contribution in [2.45, 2.75) is 26.2 Å². The number of anilines is 1. The van der Waals surface area contributed by atoms with Gasteiger partial charge in [-0.15, -0.1) is 24.0 Å². The number of unbranched alkanes of at least 4 members (excludes halogenated alkanes) is 1. The summed E-state index contributed by atoms with van der Waals surface area (Å²) in [6.07, 6.45) is 8.57. The van der Waals surface area contributed by atoms with Crippen LogP contribution in [0.5, 0.6) is 0 Å². The third-order valence-corrected chi connectivity index (χ3v) is 4.58. The van der Waals surface area contributed by atoms with Gasteiger partial charge in [-0.1, -0.05) is 18.2 Å². The molecule has 3 N–H and O–H groups in total. The number of rotatable bonds is 11. The fourth-order valence-electron chi connectivity index (χ4n) is 3.02. The monoisotopic (exact) mass is 533 g/mol. The van der Waals surface area contributed by atoms with Crippen LogP contribution in [-0.2, 0) is 6.42 Å². The molecule has 0 aliphatic rings. The first kappa shape index (κ1) is 24.6. The highest BCUT2D eigenvalue weighted by Crippen LogP contribution is 2.08. The number of hydrogen-bond acceptors (Lipinski definition) is 4. The summed E-state index contributed by atoms with van der Waals surface area (Å²) in [6, 6.07) is 16.3. The zero-order valence-corrected chi connectivity index (χ0v) is 20.3. The molecule has 7 nitrogen and oxygen atoms in total. The van der Waals surface area contributed by atoms with Gasteiger partial charge >= 0.3 is 0 Å². The molecule has 166 valence electrons. The van der Waals surface area contributed by atoms with Gasteiger partial charge in [-0.3, -0.25) is 4.99 Å². The average molecular weight is 533 g/mol. The van der Waals surface area contributed by atoms with E-state index >= 15 is 0 Å². The van der Waals surface area contributed by atoms with Crippen LogP contribution in [0.25, 0.3) is 5.69 Å². The van der Waals surface area contributed by atoms with Crippen molar-refractivity contribution in [1.29, 1.82) is 0 Å². The number of aliphatic imine (C=N–C) groups is 1. The van der Waals surface area contributed by atoms with E-state index in [0.29, 0.717) is 0 Å². The predicted octanol–water partition coefficient (Wildman–Crippen LogP) is 3.88. The first-order chi connectivity index (χ1) is 14.8. The number of guanidine groups is 1. The third kappa shape index (κ3) is 8.95. The lowest BCUT2D eigenvalue weighted by molar-refractivity contribution is 0.750. The van der Waals surface area contributed by atoms with Gasteiger partial charge in [-0.2, -0.15) is 5.10 Å². The van der Waals surface area contributed by atoms with E-state index in [1.54, 1.807) is 12.4 Å². The van der Waals surface area contributed by atoms with Gasteiger partial charge in [0.1, 0.15) is 5.82 Å². The van der Waals surface area contributed by atoms with Crippen LogP contribution in [0.4, 0.5) is 5.82 Å². The van der Waals surface area contributed by atoms with E-state index in [-0.39, 0.29) is 24.0 Å². The Hall–Kier alpha value is -2.62. The van der Waals surface area contributed by atoms with Crippen molar-refractivity contribution in [1.82, 2.24) is 25.4 Å². The second kappa shape index (κ2) is 14.4. The van der Waals surface area contributed by atoms with E-state index in [9.17, 15) is 0 Å². The lowest BCUT2D eigenvalue weighted by Gasteiger charge is -2.11. The van der Waals surface area contributed by atoms with Crippen molar-refractivity contribution in [3.05, 3.63) is 72.7 Å².